The van der Waals surface area contributed by atoms with E-state index in [1.165, 1.54) is 0 Å². The number of rotatable bonds is 3. The second kappa shape index (κ2) is 6.96. The summed E-state index contributed by atoms with van der Waals surface area (Å²) in [6, 6.07) is 3.62. The highest BCUT2D eigenvalue weighted by Gasteiger charge is 2.40. The third-order valence-electron chi connectivity index (χ3n) is 5.87. The average molecular weight is 384 g/mol. The van der Waals surface area contributed by atoms with Gasteiger partial charge in [0, 0.05) is 30.6 Å². The molecule has 4 rings (SSSR count). The van der Waals surface area contributed by atoms with Crippen molar-refractivity contribution in [2.24, 2.45) is 0 Å². The van der Waals surface area contributed by atoms with Crippen LogP contribution in [0.2, 0.25) is 0 Å². The van der Waals surface area contributed by atoms with Crippen LogP contribution in [-0.2, 0) is 9.59 Å². The molecule has 2 aliphatic heterocycles. The summed E-state index contributed by atoms with van der Waals surface area (Å²) in [5.74, 6) is 0.409. The predicted molar refractivity (Wildman–Crippen MR) is 103 cm³/mol. The number of nitrogens with one attached hydrogen (secondary N) is 1. The minimum Gasteiger partial charge on any atom is -0.483 e. The number of carbonyl (C=O) groups is 2. The maximum atomic E-state index is 12.9. The molecule has 7 nitrogen and oxygen atoms in total. The largest absolute Gasteiger partial charge is 0.483 e. The standard InChI is InChI=1S/C21H24N2O5/c1-11-6-16(20-12(2)13(3)21(26)28-17(20)7-11)27-10-19(25)23-14-4-5-15(23)9-22-18(24)8-14/h6-7,14-15H,4-5,8-10H2,1-3H3,(H,22,24)/t14-,15+/m1/s1. The minimum absolute atomic E-state index is 0.00303. The number of fused-ring (bicyclic) bond motifs is 3. The van der Waals surface area contributed by atoms with Crippen LogP contribution in [0, 0.1) is 20.8 Å². The molecule has 3 heterocycles. The van der Waals surface area contributed by atoms with Crippen LogP contribution in [0.1, 0.15) is 36.0 Å². The third-order valence-corrected chi connectivity index (χ3v) is 5.87. The van der Waals surface area contributed by atoms with Crippen molar-refractivity contribution < 1.29 is 18.7 Å². The average Bonchev–Trinajstić information content (AvgIpc) is 2.95. The van der Waals surface area contributed by atoms with Gasteiger partial charge in [-0.1, -0.05) is 0 Å². The van der Waals surface area contributed by atoms with Gasteiger partial charge in [-0.05, 0) is 56.9 Å². The molecular weight excluding hydrogens is 360 g/mol. The van der Waals surface area contributed by atoms with Crippen molar-refractivity contribution >= 4 is 22.8 Å². The predicted octanol–water partition coefficient (Wildman–Crippen LogP) is 1.98. The van der Waals surface area contributed by atoms with Gasteiger partial charge in [0.15, 0.2) is 6.61 Å². The molecule has 2 aromatic rings. The van der Waals surface area contributed by atoms with Gasteiger partial charge in [0.2, 0.25) is 5.91 Å². The van der Waals surface area contributed by atoms with Gasteiger partial charge in [-0.2, -0.15) is 0 Å². The van der Waals surface area contributed by atoms with Crippen molar-refractivity contribution in [3.63, 3.8) is 0 Å². The summed E-state index contributed by atoms with van der Waals surface area (Å²) in [6.07, 6.45) is 2.09. The van der Waals surface area contributed by atoms with Crippen molar-refractivity contribution in [2.75, 3.05) is 13.2 Å². The molecule has 2 saturated heterocycles. The van der Waals surface area contributed by atoms with Crippen LogP contribution in [-0.4, -0.2) is 41.9 Å². The van der Waals surface area contributed by atoms with E-state index in [0.717, 1.165) is 24.0 Å². The Morgan fingerprint density at radius 1 is 1.18 bits per heavy atom. The zero-order chi connectivity index (χ0) is 20.0. The lowest BCUT2D eigenvalue weighted by atomic mass is 10.0. The molecule has 1 aromatic heterocycles. The Labute approximate surface area is 162 Å². The van der Waals surface area contributed by atoms with Gasteiger partial charge in [-0.3, -0.25) is 9.59 Å². The number of aryl methyl sites for hydroxylation is 2. The molecule has 2 amide bonds. The van der Waals surface area contributed by atoms with Gasteiger partial charge in [0.1, 0.15) is 11.3 Å². The summed E-state index contributed by atoms with van der Waals surface area (Å²) in [4.78, 5) is 38.5. The Morgan fingerprint density at radius 2 is 1.93 bits per heavy atom. The molecule has 0 aliphatic carbocycles. The number of nitrogens with zero attached hydrogens (tertiary/aromatic N) is 1. The summed E-state index contributed by atoms with van der Waals surface area (Å²) in [6.45, 7) is 5.84. The normalized spacial score (nSPS) is 21.5. The zero-order valence-corrected chi connectivity index (χ0v) is 16.3. The molecule has 2 bridgehead atoms. The zero-order valence-electron chi connectivity index (χ0n) is 16.3. The van der Waals surface area contributed by atoms with Crippen LogP contribution in [0.4, 0.5) is 0 Å². The number of carbonyl (C=O) groups excluding carboxylic acids is 2. The Morgan fingerprint density at radius 3 is 2.71 bits per heavy atom. The van der Waals surface area contributed by atoms with E-state index < -0.39 is 0 Å². The van der Waals surface area contributed by atoms with Crippen LogP contribution in [0.15, 0.2) is 21.3 Å². The quantitative estimate of drug-likeness (QED) is 0.818. The molecule has 148 valence electrons. The van der Waals surface area contributed by atoms with Gasteiger partial charge < -0.3 is 19.4 Å². The van der Waals surface area contributed by atoms with E-state index in [9.17, 15) is 14.4 Å². The maximum Gasteiger partial charge on any atom is 0.339 e. The van der Waals surface area contributed by atoms with E-state index in [0.29, 0.717) is 35.2 Å². The number of hydrogen-bond donors (Lipinski definition) is 1. The summed E-state index contributed by atoms with van der Waals surface area (Å²) < 4.78 is 11.3. The molecule has 7 heteroatoms. The third kappa shape index (κ3) is 3.15. The highest BCUT2D eigenvalue weighted by molar-refractivity contribution is 5.89. The van der Waals surface area contributed by atoms with Crippen LogP contribution >= 0.6 is 0 Å². The second-order valence-electron chi connectivity index (χ2n) is 7.76. The van der Waals surface area contributed by atoms with E-state index in [2.05, 4.69) is 5.32 Å². The second-order valence-corrected chi connectivity index (χ2v) is 7.76. The summed E-state index contributed by atoms with van der Waals surface area (Å²) in [7, 11) is 0. The van der Waals surface area contributed by atoms with E-state index >= 15 is 0 Å². The number of amides is 2. The Hall–Kier alpha value is -2.83. The molecule has 0 radical (unpaired) electrons. The van der Waals surface area contributed by atoms with E-state index in [4.69, 9.17) is 9.15 Å². The maximum absolute atomic E-state index is 12.9. The Balaban J connectivity index is 1.61. The lowest BCUT2D eigenvalue weighted by molar-refractivity contribution is -0.136. The SMILES string of the molecule is Cc1cc(OCC(=O)N2[C@@H]3CC[C@H]2CNC(=O)C3)c2c(C)c(C)c(=O)oc2c1. The van der Waals surface area contributed by atoms with E-state index in [-0.39, 0.29) is 36.1 Å². The van der Waals surface area contributed by atoms with E-state index in [1.807, 2.05) is 24.8 Å². The molecule has 0 unspecified atom stereocenters. The molecule has 0 saturated carbocycles. The first-order valence-electron chi connectivity index (χ1n) is 9.60. The molecule has 2 atom stereocenters. The van der Waals surface area contributed by atoms with Gasteiger partial charge in [-0.25, -0.2) is 4.79 Å². The number of ether oxygens (including phenoxy) is 1. The van der Waals surface area contributed by atoms with Crippen molar-refractivity contribution in [1.82, 2.24) is 10.2 Å². The highest BCUT2D eigenvalue weighted by atomic mass is 16.5. The van der Waals surface area contributed by atoms with Gasteiger partial charge in [0.05, 0.1) is 5.39 Å². The summed E-state index contributed by atoms with van der Waals surface area (Å²) >= 11 is 0. The first kappa shape index (κ1) is 18.5. The highest BCUT2D eigenvalue weighted by Crippen LogP contribution is 2.32. The van der Waals surface area contributed by atoms with E-state index in [1.54, 1.807) is 13.0 Å². The fourth-order valence-corrected chi connectivity index (χ4v) is 4.30. The van der Waals surface area contributed by atoms with Crippen LogP contribution in [0.5, 0.6) is 5.75 Å². The van der Waals surface area contributed by atoms with Crippen LogP contribution in [0.25, 0.3) is 11.0 Å². The lowest BCUT2D eigenvalue weighted by Crippen LogP contribution is -2.44. The van der Waals surface area contributed by atoms with Crippen LogP contribution in [0.3, 0.4) is 0 Å². The molecular formula is C21H24N2O5. The Bertz CT molecular complexity index is 1030. The van der Waals surface area contributed by atoms with Crippen molar-refractivity contribution in [1.29, 1.82) is 0 Å². The minimum atomic E-state index is -0.365. The number of benzene rings is 1. The first-order valence-corrected chi connectivity index (χ1v) is 9.60. The molecule has 1 N–H and O–H groups in total. The molecule has 2 aliphatic rings. The summed E-state index contributed by atoms with van der Waals surface area (Å²) in [5.41, 5.74) is 2.29. The fourth-order valence-electron chi connectivity index (χ4n) is 4.30. The molecule has 2 fully saturated rings. The van der Waals surface area contributed by atoms with Gasteiger partial charge >= 0.3 is 5.63 Å². The van der Waals surface area contributed by atoms with Gasteiger partial charge in [-0.15, -0.1) is 0 Å². The summed E-state index contributed by atoms with van der Waals surface area (Å²) in [5, 5.41) is 3.58. The molecule has 1 aromatic carbocycles. The molecule has 0 spiro atoms. The van der Waals surface area contributed by atoms with Crippen molar-refractivity contribution in [3.8, 4) is 5.75 Å². The van der Waals surface area contributed by atoms with Crippen LogP contribution < -0.4 is 15.7 Å². The van der Waals surface area contributed by atoms with Crippen molar-refractivity contribution in [3.05, 3.63) is 39.2 Å². The number of hydrogen-bond acceptors (Lipinski definition) is 5. The lowest BCUT2D eigenvalue weighted by Gasteiger charge is -2.27. The van der Waals surface area contributed by atoms with Crippen molar-refractivity contribution in [2.45, 2.75) is 52.1 Å². The molecule has 28 heavy (non-hydrogen) atoms. The topological polar surface area (TPSA) is 88.9 Å². The first-order chi connectivity index (χ1) is 13.3. The fraction of sp³-hybridized carbons (Fsp3) is 0.476. The van der Waals surface area contributed by atoms with Gasteiger partial charge in [0.25, 0.3) is 5.91 Å². The monoisotopic (exact) mass is 384 g/mol. The Kier molecular flexibility index (Phi) is 4.61. The smallest absolute Gasteiger partial charge is 0.339 e.